The van der Waals surface area contributed by atoms with Gasteiger partial charge in [0, 0.05) is 40.9 Å². The van der Waals surface area contributed by atoms with Gasteiger partial charge in [-0.15, -0.1) is 12.4 Å². The summed E-state index contributed by atoms with van der Waals surface area (Å²) in [6, 6.07) is 9.37. The predicted octanol–water partition coefficient (Wildman–Crippen LogP) is 3.34. The van der Waals surface area contributed by atoms with Crippen molar-refractivity contribution in [1.29, 1.82) is 0 Å². The van der Waals surface area contributed by atoms with Gasteiger partial charge in [0.1, 0.15) is 0 Å². The zero-order valence-electron chi connectivity index (χ0n) is 10.9. The summed E-state index contributed by atoms with van der Waals surface area (Å²) in [4.78, 5) is 4.17. The van der Waals surface area contributed by atoms with E-state index in [1.165, 1.54) is 29.3 Å². The van der Waals surface area contributed by atoms with Crippen LogP contribution in [0.15, 0.2) is 36.7 Å². The SMILES string of the molecule is Cl.N[C@H]1CC[C@H](Nc2cccc3cnccc23)CC1. The second-order valence-electron chi connectivity index (χ2n) is 5.16. The summed E-state index contributed by atoms with van der Waals surface area (Å²) in [5, 5.41) is 6.10. The molecule has 0 aliphatic heterocycles. The van der Waals surface area contributed by atoms with Gasteiger partial charge in [0.15, 0.2) is 0 Å². The number of aromatic nitrogens is 1. The molecule has 0 atom stereocenters. The highest BCUT2D eigenvalue weighted by Gasteiger charge is 2.18. The van der Waals surface area contributed by atoms with Crippen LogP contribution in [0.2, 0.25) is 0 Å². The normalized spacial score (nSPS) is 22.8. The van der Waals surface area contributed by atoms with Gasteiger partial charge in [-0.25, -0.2) is 0 Å². The summed E-state index contributed by atoms with van der Waals surface area (Å²) in [5.41, 5.74) is 7.16. The molecule has 3 nitrogen and oxygen atoms in total. The van der Waals surface area contributed by atoms with Crippen LogP contribution in [0, 0.1) is 0 Å². The average Bonchev–Trinajstić information content (AvgIpc) is 2.42. The maximum atomic E-state index is 5.94. The molecule has 1 aliphatic rings. The summed E-state index contributed by atoms with van der Waals surface area (Å²) >= 11 is 0. The van der Waals surface area contributed by atoms with E-state index < -0.39 is 0 Å². The van der Waals surface area contributed by atoms with Gasteiger partial charge in [0.05, 0.1) is 0 Å². The number of nitrogens with one attached hydrogen (secondary N) is 1. The first kappa shape index (κ1) is 14.1. The van der Waals surface area contributed by atoms with Crippen LogP contribution in [0.25, 0.3) is 10.8 Å². The fourth-order valence-electron chi connectivity index (χ4n) is 2.73. The fraction of sp³-hybridized carbons (Fsp3) is 0.400. The molecule has 102 valence electrons. The number of rotatable bonds is 2. The minimum atomic E-state index is 0. The Bertz CT molecular complexity index is 530. The number of hydrogen-bond acceptors (Lipinski definition) is 3. The Labute approximate surface area is 120 Å². The molecule has 1 saturated carbocycles. The van der Waals surface area contributed by atoms with E-state index in [1.54, 1.807) is 0 Å². The Morgan fingerprint density at radius 1 is 1.11 bits per heavy atom. The van der Waals surface area contributed by atoms with Crippen molar-refractivity contribution in [2.45, 2.75) is 37.8 Å². The maximum Gasteiger partial charge on any atom is 0.0423 e. The van der Waals surface area contributed by atoms with Crippen molar-refractivity contribution in [2.24, 2.45) is 5.73 Å². The van der Waals surface area contributed by atoms with Crippen molar-refractivity contribution < 1.29 is 0 Å². The van der Waals surface area contributed by atoms with Gasteiger partial charge in [-0.1, -0.05) is 12.1 Å². The number of hydrogen-bond donors (Lipinski definition) is 2. The summed E-state index contributed by atoms with van der Waals surface area (Å²) in [6.45, 7) is 0. The molecule has 1 aromatic heterocycles. The molecular weight excluding hydrogens is 258 g/mol. The largest absolute Gasteiger partial charge is 0.382 e. The molecule has 0 amide bonds. The molecule has 2 aromatic rings. The van der Waals surface area contributed by atoms with E-state index in [4.69, 9.17) is 5.73 Å². The number of nitrogens with zero attached hydrogens (tertiary/aromatic N) is 1. The highest BCUT2D eigenvalue weighted by molar-refractivity contribution is 5.93. The van der Waals surface area contributed by atoms with E-state index in [-0.39, 0.29) is 12.4 Å². The molecule has 0 spiro atoms. The minimum absolute atomic E-state index is 0. The van der Waals surface area contributed by atoms with Gasteiger partial charge in [-0.3, -0.25) is 4.98 Å². The van der Waals surface area contributed by atoms with Crippen molar-refractivity contribution in [1.82, 2.24) is 4.98 Å². The molecule has 3 rings (SSSR count). The van der Waals surface area contributed by atoms with E-state index >= 15 is 0 Å². The summed E-state index contributed by atoms with van der Waals surface area (Å²) in [6.07, 6.45) is 8.36. The molecule has 1 heterocycles. The first-order chi connectivity index (χ1) is 8.83. The molecule has 0 saturated heterocycles. The Kier molecular flexibility index (Phi) is 4.61. The zero-order chi connectivity index (χ0) is 12.4. The molecule has 3 N–H and O–H groups in total. The monoisotopic (exact) mass is 277 g/mol. The van der Waals surface area contributed by atoms with Gasteiger partial charge in [0.25, 0.3) is 0 Å². The smallest absolute Gasteiger partial charge is 0.0423 e. The van der Waals surface area contributed by atoms with Crippen molar-refractivity contribution in [3.63, 3.8) is 0 Å². The second kappa shape index (κ2) is 6.22. The van der Waals surface area contributed by atoms with Crippen LogP contribution in [-0.4, -0.2) is 17.1 Å². The van der Waals surface area contributed by atoms with E-state index in [1.807, 2.05) is 12.4 Å². The molecule has 19 heavy (non-hydrogen) atoms. The second-order valence-corrected chi connectivity index (χ2v) is 5.16. The van der Waals surface area contributed by atoms with Crippen LogP contribution in [0.3, 0.4) is 0 Å². The van der Waals surface area contributed by atoms with E-state index in [2.05, 4.69) is 34.6 Å². The van der Waals surface area contributed by atoms with Crippen LogP contribution in [0.1, 0.15) is 25.7 Å². The van der Waals surface area contributed by atoms with E-state index in [0.29, 0.717) is 12.1 Å². The van der Waals surface area contributed by atoms with Crippen LogP contribution in [0.5, 0.6) is 0 Å². The van der Waals surface area contributed by atoms with Gasteiger partial charge in [-0.05, 0) is 37.8 Å². The van der Waals surface area contributed by atoms with Gasteiger partial charge in [0.2, 0.25) is 0 Å². The lowest BCUT2D eigenvalue weighted by molar-refractivity contribution is 0.411. The number of benzene rings is 1. The van der Waals surface area contributed by atoms with E-state index in [9.17, 15) is 0 Å². The Hall–Kier alpha value is -1.32. The van der Waals surface area contributed by atoms with Gasteiger partial charge in [-0.2, -0.15) is 0 Å². The zero-order valence-corrected chi connectivity index (χ0v) is 11.7. The molecule has 1 fully saturated rings. The van der Waals surface area contributed by atoms with Crippen LogP contribution >= 0.6 is 12.4 Å². The number of halogens is 1. The fourth-order valence-corrected chi connectivity index (χ4v) is 2.73. The first-order valence-corrected chi connectivity index (χ1v) is 6.68. The van der Waals surface area contributed by atoms with Crippen molar-refractivity contribution in [3.05, 3.63) is 36.7 Å². The summed E-state index contributed by atoms with van der Waals surface area (Å²) in [5.74, 6) is 0. The Morgan fingerprint density at radius 3 is 2.68 bits per heavy atom. The summed E-state index contributed by atoms with van der Waals surface area (Å²) < 4.78 is 0. The third-order valence-corrected chi connectivity index (χ3v) is 3.81. The lowest BCUT2D eigenvalue weighted by atomic mass is 9.91. The minimum Gasteiger partial charge on any atom is -0.382 e. The van der Waals surface area contributed by atoms with Crippen molar-refractivity contribution >= 4 is 28.9 Å². The first-order valence-electron chi connectivity index (χ1n) is 6.68. The highest BCUT2D eigenvalue weighted by Crippen LogP contribution is 2.26. The van der Waals surface area contributed by atoms with Crippen molar-refractivity contribution in [3.8, 4) is 0 Å². The molecule has 1 aromatic carbocycles. The topological polar surface area (TPSA) is 50.9 Å². The number of fused-ring (bicyclic) bond motifs is 1. The molecular formula is C15H20ClN3. The summed E-state index contributed by atoms with van der Waals surface area (Å²) in [7, 11) is 0. The maximum absolute atomic E-state index is 5.94. The molecule has 4 heteroatoms. The number of nitrogens with two attached hydrogens (primary N) is 1. The van der Waals surface area contributed by atoms with Crippen LogP contribution in [-0.2, 0) is 0 Å². The lowest BCUT2D eigenvalue weighted by Crippen LogP contribution is -2.32. The molecule has 0 unspecified atom stereocenters. The molecule has 0 radical (unpaired) electrons. The van der Waals surface area contributed by atoms with Crippen LogP contribution < -0.4 is 11.1 Å². The third-order valence-electron chi connectivity index (χ3n) is 3.81. The highest BCUT2D eigenvalue weighted by atomic mass is 35.5. The average molecular weight is 278 g/mol. The van der Waals surface area contributed by atoms with Crippen molar-refractivity contribution in [2.75, 3.05) is 5.32 Å². The number of pyridine rings is 1. The standard InChI is InChI=1S/C15H19N3.ClH/c16-12-4-6-13(7-5-12)18-15-3-1-2-11-10-17-9-8-14(11)15;/h1-3,8-10,12-13,18H,4-7,16H2;1H/t12-,13-;. The Morgan fingerprint density at radius 2 is 1.89 bits per heavy atom. The van der Waals surface area contributed by atoms with E-state index in [0.717, 1.165) is 12.8 Å². The predicted molar refractivity (Wildman–Crippen MR) is 82.8 cm³/mol. The van der Waals surface area contributed by atoms with Gasteiger partial charge >= 0.3 is 0 Å². The van der Waals surface area contributed by atoms with Crippen LogP contribution in [0.4, 0.5) is 5.69 Å². The molecule has 1 aliphatic carbocycles. The van der Waals surface area contributed by atoms with Gasteiger partial charge < -0.3 is 11.1 Å². The molecule has 0 bridgehead atoms. The third kappa shape index (κ3) is 3.17. The number of anilines is 1. The Balaban J connectivity index is 0.00000133. The lowest BCUT2D eigenvalue weighted by Gasteiger charge is -2.28. The quantitative estimate of drug-likeness (QED) is 0.885.